The van der Waals surface area contributed by atoms with Gasteiger partial charge in [-0.3, -0.25) is 15.5 Å². The fraction of sp³-hybridized carbons (Fsp3) is 0.133. The second kappa shape index (κ2) is 6.47. The van der Waals surface area contributed by atoms with Gasteiger partial charge in [-0.25, -0.2) is 0 Å². The van der Waals surface area contributed by atoms with Crippen LogP contribution in [0.1, 0.15) is 18.9 Å². The van der Waals surface area contributed by atoms with E-state index >= 15 is 0 Å². The fourth-order valence-electron chi connectivity index (χ4n) is 1.80. The van der Waals surface area contributed by atoms with Gasteiger partial charge in [0.15, 0.2) is 0 Å². The van der Waals surface area contributed by atoms with E-state index in [4.69, 9.17) is 0 Å². The molecular weight excluding hydrogens is 254 g/mol. The molecule has 0 saturated heterocycles. The standard InChI is InChI=1S/C15H15N3O2/c1-2-15(12-7-4-3-5-8-12)17-16-13-9-6-10-14(11-13)18(19)20/h3-11,16H,2H2,1H3/b17-15-. The number of hydrogen-bond donors (Lipinski definition) is 1. The van der Waals surface area contributed by atoms with Crippen molar-refractivity contribution in [2.45, 2.75) is 13.3 Å². The molecule has 0 bridgehead atoms. The normalized spacial score (nSPS) is 11.2. The average molecular weight is 269 g/mol. The van der Waals surface area contributed by atoms with Crippen molar-refractivity contribution >= 4 is 17.1 Å². The van der Waals surface area contributed by atoms with Crippen molar-refractivity contribution in [1.29, 1.82) is 0 Å². The Bertz CT molecular complexity index is 624. The summed E-state index contributed by atoms with van der Waals surface area (Å²) in [5, 5.41) is 15.0. The summed E-state index contributed by atoms with van der Waals surface area (Å²) in [6.45, 7) is 2.01. The highest BCUT2D eigenvalue weighted by Gasteiger charge is 2.05. The number of non-ortho nitro benzene ring substituents is 1. The molecule has 0 aliphatic carbocycles. The molecule has 0 atom stereocenters. The van der Waals surface area contributed by atoms with Gasteiger partial charge < -0.3 is 0 Å². The van der Waals surface area contributed by atoms with Gasteiger partial charge in [0.25, 0.3) is 5.69 Å². The number of benzene rings is 2. The minimum atomic E-state index is -0.424. The highest BCUT2D eigenvalue weighted by Crippen LogP contribution is 2.17. The van der Waals surface area contributed by atoms with Crippen LogP contribution >= 0.6 is 0 Å². The lowest BCUT2D eigenvalue weighted by atomic mass is 10.1. The Morgan fingerprint density at radius 1 is 1.20 bits per heavy atom. The molecule has 0 unspecified atom stereocenters. The summed E-state index contributed by atoms with van der Waals surface area (Å²) >= 11 is 0. The van der Waals surface area contributed by atoms with E-state index < -0.39 is 4.92 Å². The number of anilines is 1. The zero-order valence-electron chi connectivity index (χ0n) is 11.1. The van der Waals surface area contributed by atoms with E-state index in [1.807, 2.05) is 37.3 Å². The van der Waals surface area contributed by atoms with Crippen LogP contribution in [-0.4, -0.2) is 10.6 Å². The van der Waals surface area contributed by atoms with Gasteiger partial charge in [-0.2, -0.15) is 5.10 Å². The molecule has 20 heavy (non-hydrogen) atoms. The highest BCUT2D eigenvalue weighted by molar-refractivity contribution is 6.00. The Labute approximate surface area is 117 Å². The summed E-state index contributed by atoms with van der Waals surface area (Å²) in [5.74, 6) is 0. The molecule has 0 heterocycles. The number of nitro groups is 1. The number of nitro benzene ring substituents is 1. The van der Waals surface area contributed by atoms with E-state index in [1.54, 1.807) is 12.1 Å². The number of hydrogen-bond acceptors (Lipinski definition) is 4. The molecule has 0 spiro atoms. The van der Waals surface area contributed by atoms with Crippen LogP contribution in [0.5, 0.6) is 0 Å². The summed E-state index contributed by atoms with van der Waals surface area (Å²) < 4.78 is 0. The van der Waals surface area contributed by atoms with Crippen LogP contribution in [0.4, 0.5) is 11.4 Å². The van der Waals surface area contributed by atoms with E-state index in [0.29, 0.717) is 5.69 Å². The van der Waals surface area contributed by atoms with Crippen molar-refractivity contribution in [3.8, 4) is 0 Å². The molecule has 0 aromatic heterocycles. The molecule has 0 aliphatic rings. The summed E-state index contributed by atoms with van der Waals surface area (Å²) in [6.07, 6.45) is 0.770. The van der Waals surface area contributed by atoms with Gasteiger partial charge >= 0.3 is 0 Å². The van der Waals surface area contributed by atoms with Crippen LogP contribution in [0.15, 0.2) is 59.7 Å². The first-order chi connectivity index (χ1) is 9.70. The maximum atomic E-state index is 10.7. The van der Waals surface area contributed by atoms with Gasteiger partial charge in [0.05, 0.1) is 16.3 Å². The second-order valence-corrected chi connectivity index (χ2v) is 4.20. The summed E-state index contributed by atoms with van der Waals surface area (Å²) in [7, 11) is 0. The maximum absolute atomic E-state index is 10.7. The molecule has 2 aromatic rings. The molecule has 0 radical (unpaired) electrons. The van der Waals surface area contributed by atoms with Gasteiger partial charge in [0.1, 0.15) is 0 Å². The largest absolute Gasteiger partial charge is 0.278 e. The quantitative estimate of drug-likeness (QED) is 0.509. The summed E-state index contributed by atoms with van der Waals surface area (Å²) in [5.41, 5.74) is 5.45. The first kappa shape index (κ1) is 13.7. The van der Waals surface area contributed by atoms with Crippen molar-refractivity contribution in [1.82, 2.24) is 0 Å². The molecule has 2 rings (SSSR count). The van der Waals surface area contributed by atoms with Crippen LogP contribution in [-0.2, 0) is 0 Å². The number of nitrogens with one attached hydrogen (secondary N) is 1. The number of hydrazone groups is 1. The molecule has 0 aliphatic heterocycles. The predicted molar refractivity (Wildman–Crippen MR) is 80.0 cm³/mol. The van der Waals surface area contributed by atoms with Crippen LogP contribution in [0, 0.1) is 10.1 Å². The lowest BCUT2D eigenvalue weighted by Crippen LogP contribution is -2.03. The van der Waals surface area contributed by atoms with Crippen molar-refractivity contribution in [2.75, 3.05) is 5.43 Å². The fourth-order valence-corrected chi connectivity index (χ4v) is 1.80. The third-order valence-corrected chi connectivity index (χ3v) is 2.82. The zero-order chi connectivity index (χ0) is 14.4. The molecule has 2 aromatic carbocycles. The predicted octanol–water partition coefficient (Wildman–Crippen LogP) is 3.82. The lowest BCUT2D eigenvalue weighted by molar-refractivity contribution is -0.384. The van der Waals surface area contributed by atoms with Crippen LogP contribution in [0.3, 0.4) is 0 Å². The van der Waals surface area contributed by atoms with Gasteiger partial charge in [-0.1, -0.05) is 43.3 Å². The third kappa shape index (κ3) is 3.41. The summed E-state index contributed by atoms with van der Waals surface area (Å²) in [6, 6.07) is 16.1. The Morgan fingerprint density at radius 2 is 1.95 bits per heavy atom. The van der Waals surface area contributed by atoms with E-state index in [-0.39, 0.29) is 5.69 Å². The Morgan fingerprint density at radius 3 is 2.60 bits per heavy atom. The smallest absolute Gasteiger partial charge is 0.271 e. The molecule has 0 saturated carbocycles. The molecule has 0 fully saturated rings. The van der Waals surface area contributed by atoms with Gasteiger partial charge in [0, 0.05) is 12.1 Å². The first-order valence-corrected chi connectivity index (χ1v) is 6.33. The van der Waals surface area contributed by atoms with Crippen molar-refractivity contribution in [2.24, 2.45) is 5.10 Å². The molecule has 1 N–H and O–H groups in total. The third-order valence-electron chi connectivity index (χ3n) is 2.82. The van der Waals surface area contributed by atoms with E-state index in [1.165, 1.54) is 12.1 Å². The van der Waals surface area contributed by atoms with Gasteiger partial charge in [0.2, 0.25) is 0 Å². The molecule has 5 nitrogen and oxygen atoms in total. The first-order valence-electron chi connectivity index (χ1n) is 6.33. The molecular formula is C15H15N3O2. The zero-order valence-corrected chi connectivity index (χ0v) is 11.1. The van der Waals surface area contributed by atoms with Crippen LogP contribution < -0.4 is 5.43 Å². The topological polar surface area (TPSA) is 67.5 Å². The van der Waals surface area contributed by atoms with E-state index in [9.17, 15) is 10.1 Å². The van der Waals surface area contributed by atoms with Crippen molar-refractivity contribution in [3.05, 3.63) is 70.3 Å². The van der Waals surface area contributed by atoms with Crippen molar-refractivity contribution in [3.63, 3.8) is 0 Å². The van der Waals surface area contributed by atoms with Gasteiger partial charge in [-0.05, 0) is 18.1 Å². The minimum Gasteiger partial charge on any atom is -0.278 e. The van der Waals surface area contributed by atoms with Gasteiger partial charge in [-0.15, -0.1) is 0 Å². The number of rotatable bonds is 5. The molecule has 0 amide bonds. The maximum Gasteiger partial charge on any atom is 0.271 e. The number of nitrogens with zero attached hydrogens (tertiary/aromatic N) is 2. The Balaban J connectivity index is 2.19. The van der Waals surface area contributed by atoms with E-state index in [0.717, 1.165) is 17.7 Å². The molecule has 102 valence electrons. The average Bonchev–Trinajstić information content (AvgIpc) is 2.49. The Kier molecular flexibility index (Phi) is 4.44. The monoisotopic (exact) mass is 269 g/mol. The summed E-state index contributed by atoms with van der Waals surface area (Å²) in [4.78, 5) is 10.3. The van der Waals surface area contributed by atoms with Crippen LogP contribution in [0.25, 0.3) is 0 Å². The lowest BCUT2D eigenvalue weighted by Gasteiger charge is -2.05. The highest BCUT2D eigenvalue weighted by atomic mass is 16.6. The van der Waals surface area contributed by atoms with E-state index in [2.05, 4.69) is 10.5 Å². The second-order valence-electron chi connectivity index (χ2n) is 4.20. The van der Waals surface area contributed by atoms with Crippen LogP contribution in [0.2, 0.25) is 0 Å². The van der Waals surface area contributed by atoms with Crippen molar-refractivity contribution < 1.29 is 4.92 Å². The molecule has 5 heteroatoms. The Hall–Kier alpha value is -2.69. The minimum absolute atomic E-state index is 0.0444. The SMILES string of the molecule is CC/C(=N/Nc1cccc([N+](=O)[O-])c1)c1ccccc1.